The third-order valence-corrected chi connectivity index (χ3v) is 5.62. The molecule has 3 fully saturated rings. The lowest BCUT2D eigenvalue weighted by atomic mass is 9.94. The van der Waals surface area contributed by atoms with Crippen molar-refractivity contribution in [3.05, 3.63) is 18.6 Å². The predicted octanol–water partition coefficient (Wildman–Crippen LogP) is 0.365. The minimum Gasteiger partial charge on any atom is -0.383 e. The highest BCUT2D eigenvalue weighted by atomic mass is 16.5. The van der Waals surface area contributed by atoms with E-state index >= 15 is 0 Å². The molecule has 5 rings (SSSR count). The average molecular weight is 344 g/mol. The van der Waals surface area contributed by atoms with Gasteiger partial charge in [0.25, 0.3) is 0 Å². The normalized spacial score (nSPS) is 29.3. The number of morpholine rings is 1. The van der Waals surface area contributed by atoms with E-state index in [0.717, 1.165) is 63.2 Å². The van der Waals surface area contributed by atoms with Crippen molar-refractivity contribution in [2.75, 3.05) is 45.1 Å². The second-order valence-corrected chi connectivity index (χ2v) is 7.38. The zero-order valence-electron chi connectivity index (χ0n) is 14.2. The van der Waals surface area contributed by atoms with Gasteiger partial charge in [0.15, 0.2) is 0 Å². The molecule has 3 aliphatic rings. The van der Waals surface area contributed by atoms with Crippen LogP contribution in [0.3, 0.4) is 0 Å². The molecule has 8 heteroatoms. The number of nitrogens with one attached hydrogen (secondary N) is 1. The second-order valence-electron chi connectivity index (χ2n) is 7.38. The molecule has 3 aliphatic heterocycles. The summed E-state index contributed by atoms with van der Waals surface area (Å²) >= 11 is 0. The molecular formula is C17H24N6O2. The van der Waals surface area contributed by atoms with E-state index in [1.54, 1.807) is 0 Å². The highest BCUT2D eigenvalue weighted by Gasteiger charge is 2.42. The zero-order valence-corrected chi connectivity index (χ0v) is 14.2. The highest BCUT2D eigenvalue weighted by molar-refractivity contribution is 5.86. The van der Waals surface area contributed by atoms with Gasteiger partial charge in [-0.05, 0) is 18.9 Å². The molecule has 2 atom stereocenters. The fourth-order valence-electron chi connectivity index (χ4n) is 4.23. The topological polar surface area (TPSA) is 90.5 Å². The smallest absolute Gasteiger partial charge is 0.147 e. The molecule has 1 spiro atoms. The van der Waals surface area contributed by atoms with Gasteiger partial charge in [0, 0.05) is 38.9 Å². The molecule has 3 saturated heterocycles. The van der Waals surface area contributed by atoms with Crippen LogP contribution in [0.1, 0.15) is 19.1 Å². The number of rotatable bonds is 3. The first kappa shape index (κ1) is 15.5. The first-order valence-corrected chi connectivity index (χ1v) is 9.02. The molecule has 3 N–H and O–H groups in total. The number of nitrogens with two attached hydrogens (primary N) is 1. The number of nitrogens with zero attached hydrogens (tertiary/aromatic N) is 4. The summed E-state index contributed by atoms with van der Waals surface area (Å²) in [6.45, 7) is 5.71. The third-order valence-electron chi connectivity index (χ3n) is 5.62. The fourth-order valence-corrected chi connectivity index (χ4v) is 4.23. The Morgan fingerprint density at radius 3 is 3.08 bits per heavy atom. The van der Waals surface area contributed by atoms with Crippen LogP contribution in [-0.2, 0) is 9.47 Å². The summed E-state index contributed by atoms with van der Waals surface area (Å²) in [6, 6.07) is 1.97. The summed E-state index contributed by atoms with van der Waals surface area (Å²) in [5.74, 6) is 0.519. The maximum absolute atomic E-state index is 6.34. The van der Waals surface area contributed by atoms with Crippen molar-refractivity contribution < 1.29 is 9.47 Å². The lowest BCUT2D eigenvalue weighted by Crippen LogP contribution is -2.69. The summed E-state index contributed by atoms with van der Waals surface area (Å²) in [4.78, 5) is 10.9. The van der Waals surface area contributed by atoms with E-state index in [2.05, 4.69) is 24.8 Å². The van der Waals surface area contributed by atoms with Gasteiger partial charge >= 0.3 is 0 Å². The molecule has 2 aromatic heterocycles. The van der Waals surface area contributed by atoms with E-state index in [9.17, 15) is 0 Å². The molecule has 0 amide bonds. The Balaban J connectivity index is 1.26. The van der Waals surface area contributed by atoms with Gasteiger partial charge < -0.3 is 25.1 Å². The number of hydrogen-bond acceptors (Lipinski definition) is 7. The molecule has 5 heterocycles. The van der Waals surface area contributed by atoms with Gasteiger partial charge in [-0.15, -0.1) is 0 Å². The zero-order chi connectivity index (χ0) is 16.9. The third kappa shape index (κ3) is 2.69. The first-order chi connectivity index (χ1) is 12.2. The Kier molecular flexibility index (Phi) is 3.67. The number of nitrogen functional groups attached to an aromatic ring is 1. The lowest BCUT2D eigenvalue weighted by Gasteiger charge is -2.49. The van der Waals surface area contributed by atoms with Crippen molar-refractivity contribution in [2.45, 2.75) is 30.8 Å². The van der Waals surface area contributed by atoms with E-state index in [1.165, 1.54) is 6.33 Å². The molecule has 8 nitrogen and oxygen atoms in total. The Morgan fingerprint density at radius 1 is 1.32 bits per heavy atom. The van der Waals surface area contributed by atoms with Gasteiger partial charge in [-0.1, -0.05) is 0 Å². The summed E-state index contributed by atoms with van der Waals surface area (Å²) in [6.07, 6.45) is 5.86. The molecule has 0 radical (unpaired) electrons. The SMILES string of the molecule is Nc1ncnc2c1ccn2C1CCC(CN2CCOC3(CNC3)C2)O1. The molecule has 0 bridgehead atoms. The average Bonchev–Trinajstić information content (AvgIpc) is 3.21. The van der Waals surface area contributed by atoms with E-state index in [0.29, 0.717) is 5.82 Å². The Morgan fingerprint density at radius 2 is 2.24 bits per heavy atom. The predicted molar refractivity (Wildman–Crippen MR) is 93.1 cm³/mol. The summed E-state index contributed by atoms with van der Waals surface area (Å²) in [5, 5.41) is 4.22. The van der Waals surface area contributed by atoms with Crippen LogP contribution in [0.2, 0.25) is 0 Å². The number of hydrogen-bond donors (Lipinski definition) is 2. The summed E-state index contributed by atoms with van der Waals surface area (Å²) in [7, 11) is 0. The Bertz CT molecular complexity index is 774. The summed E-state index contributed by atoms with van der Waals surface area (Å²) < 4.78 is 14.4. The lowest BCUT2D eigenvalue weighted by molar-refractivity contribution is -0.142. The first-order valence-electron chi connectivity index (χ1n) is 9.02. The molecule has 2 unspecified atom stereocenters. The van der Waals surface area contributed by atoms with E-state index < -0.39 is 0 Å². The maximum atomic E-state index is 6.34. The molecular weight excluding hydrogens is 320 g/mol. The van der Waals surface area contributed by atoms with E-state index in [4.69, 9.17) is 15.2 Å². The standard InChI is InChI=1S/C17H24N6O2/c18-15-13-3-4-23(16(13)21-11-20-15)14-2-1-12(25-14)7-22-5-6-24-17(10-22)8-19-9-17/h3-4,11-12,14,19H,1-2,5-10H2,(H2,18,20,21). The minimum absolute atomic E-state index is 0.0252. The molecule has 0 aliphatic carbocycles. The van der Waals surface area contributed by atoms with Gasteiger partial charge in [-0.2, -0.15) is 0 Å². The van der Waals surface area contributed by atoms with Crippen LogP contribution < -0.4 is 11.1 Å². The van der Waals surface area contributed by atoms with Crippen molar-refractivity contribution in [2.24, 2.45) is 0 Å². The molecule has 0 saturated carbocycles. The summed E-state index contributed by atoms with van der Waals surface area (Å²) in [5.41, 5.74) is 6.83. The fraction of sp³-hybridized carbons (Fsp3) is 0.647. The quantitative estimate of drug-likeness (QED) is 0.831. The van der Waals surface area contributed by atoms with Crippen molar-refractivity contribution >= 4 is 16.9 Å². The minimum atomic E-state index is 0.0252. The Hall–Kier alpha value is -1.74. The second kappa shape index (κ2) is 5.91. The van der Waals surface area contributed by atoms with Gasteiger partial charge in [0.05, 0.1) is 18.1 Å². The monoisotopic (exact) mass is 344 g/mol. The van der Waals surface area contributed by atoms with Crippen molar-refractivity contribution in [1.29, 1.82) is 0 Å². The maximum Gasteiger partial charge on any atom is 0.147 e. The number of aromatic nitrogens is 3. The van der Waals surface area contributed by atoms with Crippen LogP contribution in [0, 0.1) is 0 Å². The van der Waals surface area contributed by atoms with Gasteiger partial charge in [-0.3, -0.25) is 4.90 Å². The van der Waals surface area contributed by atoms with Crippen molar-refractivity contribution in [1.82, 2.24) is 24.8 Å². The van der Waals surface area contributed by atoms with Crippen LogP contribution in [0.25, 0.3) is 11.0 Å². The number of ether oxygens (including phenoxy) is 2. The van der Waals surface area contributed by atoms with Crippen LogP contribution in [0.5, 0.6) is 0 Å². The molecule has 25 heavy (non-hydrogen) atoms. The van der Waals surface area contributed by atoms with E-state index in [1.807, 2.05) is 12.3 Å². The molecule has 0 aromatic carbocycles. The van der Waals surface area contributed by atoms with Crippen LogP contribution >= 0.6 is 0 Å². The van der Waals surface area contributed by atoms with Gasteiger partial charge in [-0.25, -0.2) is 9.97 Å². The Labute approximate surface area is 146 Å². The van der Waals surface area contributed by atoms with E-state index in [-0.39, 0.29) is 17.9 Å². The van der Waals surface area contributed by atoms with Crippen molar-refractivity contribution in [3.8, 4) is 0 Å². The number of anilines is 1. The number of fused-ring (bicyclic) bond motifs is 1. The van der Waals surface area contributed by atoms with Gasteiger partial charge in [0.1, 0.15) is 29.6 Å². The molecule has 134 valence electrons. The highest BCUT2D eigenvalue weighted by Crippen LogP contribution is 2.33. The van der Waals surface area contributed by atoms with Crippen molar-refractivity contribution in [3.63, 3.8) is 0 Å². The van der Waals surface area contributed by atoms with Crippen LogP contribution in [0.4, 0.5) is 5.82 Å². The molecule has 2 aromatic rings. The van der Waals surface area contributed by atoms with Crippen LogP contribution in [0.15, 0.2) is 18.6 Å². The largest absolute Gasteiger partial charge is 0.383 e. The van der Waals surface area contributed by atoms with Crippen LogP contribution in [-0.4, -0.2) is 70.5 Å². The van der Waals surface area contributed by atoms with Gasteiger partial charge in [0.2, 0.25) is 0 Å².